The summed E-state index contributed by atoms with van der Waals surface area (Å²) in [6.45, 7) is 8.32. The second kappa shape index (κ2) is 16.1. The predicted octanol–water partition coefficient (Wildman–Crippen LogP) is 6.15. The van der Waals surface area contributed by atoms with Gasteiger partial charge in [-0.25, -0.2) is 0 Å². The molecule has 298 valence electrons. The minimum atomic E-state index is -2.58. The number of ether oxygens (including phenoxy) is 3. The number of nitrogens with zero attached hydrogens (tertiary/aromatic N) is 3. The van der Waals surface area contributed by atoms with Crippen LogP contribution in [0.1, 0.15) is 43.4 Å². The van der Waals surface area contributed by atoms with Crippen LogP contribution in [0.25, 0.3) is 0 Å². The van der Waals surface area contributed by atoms with E-state index in [1.807, 2.05) is 66.7 Å². The molecule has 0 aliphatic carbocycles. The van der Waals surface area contributed by atoms with E-state index in [4.69, 9.17) is 25.8 Å². The van der Waals surface area contributed by atoms with Crippen molar-refractivity contribution >= 4 is 59.9 Å². The van der Waals surface area contributed by atoms with E-state index in [-0.39, 0.29) is 61.7 Å². The van der Waals surface area contributed by atoms with Crippen molar-refractivity contribution in [3.05, 3.63) is 119 Å². The number of β-lactam (4-membered cyclic amide) rings is 1. The van der Waals surface area contributed by atoms with E-state index < -0.39 is 32.0 Å². The smallest absolute Gasteiger partial charge is 0.304 e. The number of halogens is 1. The summed E-state index contributed by atoms with van der Waals surface area (Å²) < 4.78 is 18.0. The van der Waals surface area contributed by atoms with Crippen LogP contribution in [0.5, 0.6) is 5.75 Å². The average molecular weight is 810 g/mol. The van der Waals surface area contributed by atoms with Crippen LogP contribution >= 0.6 is 11.6 Å². The van der Waals surface area contributed by atoms with Gasteiger partial charge in [0.25, 0.3) is 5.91 Å². The lowest BCUT2D eigenvalue weighted by molar-refractivity contribution is -0.154. The number of hydrogen-bond donors (Lipinski definition) is 1. The molecule has 57 heavy (non-hydrogen) atoms. The zero-order valence-electron chi connectivity index (χ0n) is 32.8. The van der Waals surface area contributed by atoms with Gasteiger partial charge in [0.15, 0.2) is 11.8 Å². The van der Waals surface area contributed by atoms with Gasteiger partial charge in [-0.2, -0.15) is 0 Å². The van der Waals surface area contributed by atoms with Crippen LogP contribution in [0.15, 0.2) is 97.1 Å². The highest BCUT2D eigenvalue weighted by Gasteiger charge is 2.66. The Kier molecular flexibility index (Phi) is 11.3. The zero-order valence-corrected chi connectivity index (χ0v) is 34.6. The number of amides is 3. The Morgan fingerprint density at radius 2 is 1.70 bits per heavy atom. The molecule has 7 rings (SSSR count). The molecule has 2 fully saturated rings. The van der Waals surface area contributed by atoms with E-state index in [2.05, 4.69) is 32.2 Å². The summed E-state index contributed by atoms with van der Waals surface area (Å²) in [5.74, 6) is -0.728. The number of carbonyl (C=O) groups is 4. The third kappa shape index (κ3) is 7.47. The van der Waals surface area contributed by atoms with Crippen LogP contribution in [0.4, 0.5) is 11.4 Å². The first kappa shape index (κ1) is 40.2. The number of carbonyl (C=O) groups excluding carboxylic acids is 4. The minimum absolute atomic E-state index is 0.00869. The van der Waals surface area contributed by atoms with Crippen molar-refractivity contribution in [3.8, 4) is 5.75 Å². The average Bonchev–Trinajstić information content (AvgIpc) is 3.60. The molecule has 3 aliphatic rings. The number of aliphatic hydroxyl groups excluding tert-OH is 1. The predicted molar refractivity (Wildman–Crippen MR) is 220 cm³/mol. The number of aliphatic hydroxyl groups is 1. The number of anilines is 2. The van der Waals surface area contributed by atoms with Crippen molar-refractivity contribution in [1.82, 2.24) is 4.90 Å². The van der Waals surface area contributed by atoms with E-state index in [1.165, 1.54) is 11.8 Å². The van der Waals surface area contributed by atoms with Crippen LogP contribution in [-0.4, -0.2) is 74.4 Å². The normalized spacial score (nSPS) is 22.7. The number of methoxy groups -OCH3 is 1. The molecule has 0 bridgehead atoms. The monoisotopic (exact) mass is 809 g/mol. The lowest BCUT2D eigenvalue weighted by Crippen LogP contribution is -2.54. The Morgan fingerprint density at radius 3 is 2.37 bits per heavy atom. The van der Waals surface area contributed by atoms with Crippen molar-refractivity contribution in [1.29, 1.82) is 0 Å². The summed E-state index contributed by atoms with van der Waals surface area (Å²) >= 11 is 6.71. The van der Waals surface area contributed by atoms with E-state index in [0.717, 1.165) is 22.1 Å². The second-order valence-corrected chi connectivity index (χ2v) is 20.8. The number of fused-ring (bicyclic) bond motifs is 2. The molecule has 2 saturated heterocycles. The van der Waals surface area contributed by atoms with Crippen molar-refractivity contribution < 1.29 is 38.5 Å². The summed E-state index contributed by atoms with van der Waals surface area (Å²) in [6, 6.07) is 30.4. The molecule has 1 spiro atoms. The Hall–Kier alpha value is -5.01. The Labute approximate surface area is 339 Å². The first-order valence-corrected chi connectivity index (χ1v) is 22.7. The third-order valence-electron chi connectivity index (χ3n) is 11.8. The van der Waals surface area contributed by atoms with E-state index in [9.17, 15) is 19.5 Å². The van der Waals surface area contributed by atoms with Crippen molar-refractivity contribution in [2.75, 3.05) is 30.1 Å². The fraction of sp³-hybridized carbons (Fsp3) is 0.364. The molecule has 5 atom stereocenters. The standard InChI is InChI=1S/C44H48ClN3O8Si/c1-28-42(57(4,5)35-17-15-34(54-3)16-18-35)38(24-39(51)46(20-21-49)26-30-10-7-6-8-11-30)56-44(28)36-23-32(45)14-19-37(36)47(43(44)53)27-31-12-9-13-33(22-31)48-40(52)25-41(48)55-29(2)50/h6-19,22-23,28,38,41-42,49H,20-21,24-27H2,1-5H3/t28-,38+,41?,42-,44+/m0/s1. The van der Waals surface area contributed by atoms with Crippen LogP contribution < -0.4 is 19.7 Å². The van der Waals surface area contributed by atoms with E-state index >= 15 is 4.79 Å². The summed E-state index contributed by atoms with van der Waals surface area (Å²) in [5, 5.41) is 11.6. The highest BCUT2D eigenvalue weighted by molar-refractivity contribution is 6.91. The van der Waals surface area contributed by atoms with Gasteiger partial charge in [-0.3, -0.25) is 24.1 Å². The quantitative estimate of drug-likeness (QED) is 0.0970. The number of esters is 1. The van der Waals surface area contributed by atoms with Gasteiger partial charge < -0.3 is 29.1 Å². The number of benzene rings is 4. The van der Waals surface area contributed by atoms with E-state index in [0.29, 0.717) is 28.5 Å². The van der Waals surface area contributed by atoms with Crippen molar-refractivity contribution in [2.24, 2.45) is 5.92 Å². The number of hydrogen-bond acceptors (Lipinski definition) is 8. The highest BCUT2D eigenvalue weighted by atomic mass is 35.5. The Balaban J connectivity index is 1.26. The fourth-order valence-electron chi connectivity index (χ4n) is 9.13. The molecule has 0 radical (unpaired) electrons. The van der Waals surface area contributed by atoms with Crippen molar-refractivity contribution in [3.63, 3.8) is 0 Å². The van der Waals surface area contributed by atoms with Crippen molar-refractivity contribution in [2.45, 2.75) is 76.3 Å². The molecule has 1 N–H and O–H groups in total. The van der Waals surface area contributed by atoms with Gasteiger partial charge in [-0.05, 0) is 59.1 Å². The maximum Gasteiger partial charge on any atom is 0.304 e. The molecule has 11 nitrogen and oxygen atoms in total. The maximum absolute atomic E-state index is 15.3. The molecule has 0 aromatic heterocycles. The van der Waals surface area contributed by atoms with Gasteiger partial charge in [-0.1, -0.05) is 91.4 Å². The van der Waals surface area contributed by atoms with Gasteiger partial charge in [0, 0.05) is 42.2 Å². The van der Waals surface area contributed by atoms with Gasteiger partial charge in [0.05, 0.1) is 53.0 Å². The molecule has 3 aliphatic heterocycles. The van der Waals surface area contributed by atoms with Gasteiger partial charge in [0.1, 0.15) is 5.75 Å². The zero-order chi connectivity index (χ0) is 40.6. The lowest BCUT2D eigenvalue weighted by Gasteiger charge is -2.39. The van der Waals surface area contributed by atoms with E-state index in [1.54, 1.807) is 35.1 Å². The number of rotatable bonds is 13. The second-order valence-electron chi connectivity index (χ2n) is 15.6. The molecule has 4 aromatic rings. The summed E-state index contributed by atoms with van der Waals surface area (Å²) in [6.07, 6.45) is -1.23. The first-order chi connectivity index (χ1) is 27.3. The van der Waals surface area contributed by atoms with Crippen LogP contribution in [0, 0.1) is 5.92 Å². The van der Waals surface area contributed by atoms with Gasteiger partial charge >= 0.3 is 5.97 Å². The summed E-state index contributed by atoms with van der Waals surface area (Å²) in [5.41, 5.74) is 1.88. The Morgan fingerprint density at radius 1 is 0.982 bits per heavy atom. The molecular formula is C44H48ClN3O8Si. The SMILES string of the molecule is COc1ccc([Si](C)(C)[C@@H]2[C@@H](CC(=O)N(CCO)Cc3ccccc3)O[C@]3(C(=O)N(Cc4cccc(N5C(=O)CC5OC(C)=O)c4)c4ccc(Cl)cc43)[C@H]2C)cc1. The largest absolute Gasteiger partial charge is 0.497 e. The van der Waals surface area contributed by atoms with Crippen LogP contribution in [0.2, 0.25) is 23.7 Å². The molecule has 0 saturated carbocycles. The van der Waals surface area contributed by atoms with Gasteiger partial charge in [-0.15, -0.1) is 0 Å². The molecule has 4 aromatic carbocycles. The third-order valence-corrected chi connectivity index (χ3v) is 16.4. The Bertz CT molecular complexity index is 2170. The molecule has 3 amide bonds. The molecule has 13 heteroatoms. The molecule has 1 unspecified atom stereocenters. The molecule has 3 heterocycles. The first-order valence-electron chi connectivity index (χ1n) is 19.2. The highest BCUT2D eigenvalue weighted by Crippen LogP contribution is 2.60. The van der Waals surface area contributed by atoms with Gasteiger partial charge in [0.2, 0.25) is 11.8 Å². The molecular weight excluding hydrogens is 762 g/mol. The fourth-order valence-corrected chi connectivity index (χ4v) is 13.3. The topological polar surface area (TPSA) is 126 Å². The maximum atomic E-state index is 15.3. The summed E-state index contributed by atoms with van der Waals surface area (Å²) in [7, 11) is -0.948. The summed E-state index contributed by atoms with van der Waals surface area (Å²) in [4.78, 5) is 58.9. The van der Waals surface area contributed by atoms with Crippen LogP contribution in [-0.2, 0) is 47.3 Å². The van der Waals surface area contributed by atoms with Crippen LogP contribution in [0.3, 0.4) is 0 Å². The lowest BCUT2D eigenvalue weighted by atomic mass is 9.82. The minimum Gasteiger partial charge on any atom is -0.497 e.